The number of carboxylic acids is 1. The van der Waals surface area contributed by atoms with Crippen LogP contribution < -0.4 is 10.6 Å². The Morgan fingerprint density at radius 3 is 2.68 bits per heavy atom. The van der Waals surface area contributed by atoms with E-state index in [1.54, 1.807) is 0 Å². The van der Waals surface area contributed by atoms with Gasteiger partial charge < -0.3 is 15.7 Å². The minimum absolute atomic E-state index is 0.0410. The Morgan fingerprint density at radius 2 is 2.00 bits per heavy atom. The molecular formula is C14H26N2O3. The monoisotopic (exact) mass is 270 g/mol. The molecular weight excluding hydrogens is 244 g/mol. The van der Waals surface area contributed by atoms with Crippen molar-refractivity contribution in [1.82, 2.24) is 10.6 Å². The number of nitrogens with one attached hydrogen (secondary N) is 2. The van der Waals surface area contributed by atoms with Crippen LogP contribution in [0.2, 0.25) is 0 Å². The highest BCUT2D eigenvalue weighted by atomic mass is 16.4. The van der Waals surface area contributed by atoms with Crippen molar-refractivity contribution >= 4 is 11.9 Å². The molecule has 0 aromatic carbocycles. The molecule has 2 atom stereocenters. The second kappa shape index (κ2) is 8.91. The molecule has 110 valence electrons. The van der Waals surface area contributed by atoms with E-state index in [1.807, 2.05) is 0 Å². The number of hydrogen-bond donors (Lipinski definition) is 3. The second-order valence-electron chi connectivity index (χ2n) is 5.40. The maximum absolute atomic E-state index is 11.9. The molecule has 1 rings (SSSR count). The third-order valence-corrected chi connectivity index (χ3v) is 3.67. The predicted molar refractivity (Wildman–Crippen MR) is 73.9 cm³/mol. The number of carboxylic acid groups (broad SMARTS) is 1. The molecule has 1 heterocycles. The van der Waals surface area contributed by atoms with Crippen LogP contribution in [-0.2, 0) is 9.59 Å². The highest BCUT2D eigenvalue weighted by Gasteiger charge is 2.26. The first kappa shape index (κ1) is 16.0. The molecule has 0 radical (unpaired) electrons. The maximum atomic E-state index is 11.9. The van der Waals surface area contributed by atoms with Crippen LogP contribution in [0.15, 0.2) is 0 Å². The lowest BCUT2D eigenvalue weighted by Gasteiger charge is -2.28. The van der Waals surface area contributed by atoms with Crippen molar-refractivity contribution in [2.75, 3.05) is 13.1 Å². The van der Waals surface area contributed by atoms with Crippen molar-refractivity contribution < 1.29 is 14.7 Å². The summed E-state index contributed by atoms with van der Waals surface area (Å²) in [7, 11) is 0. The van der Waals surface area contributed by atoms with Gasteiger partial charge in [0.15, 0.2) is 0 Å². The molecule has 19 heavy (non-hydrogen) atoms. The number of rotatable bonds is 8. The summed E-state index contributed by atoms with van der Waals surface area (Å²) in [6.45, 7) is 3.73. The summed E-state index contributed by atoms with van der Waals surface area (Å²) in [4.78, 5) is 22.3. The number of aliphatic carboxylic acids is 1. The van der Waals surface area contributed by atoms with Gasteiger partial charge in [-0.05, 0) is 38.1 Å². The Hall–Kier alpha value is -1.10. The average molecular weight is 270 g/mol. The van der Waals surface area contributed by atoms with E-state index in [2.05, 4.69) is 17.6 Å². The van der Waals surface area contributed by atoms with Crippen LogP contribution in [0.5, 0.6) is 0 Å². The normalized spacial score (nSPS) is 23.0. The first-order valence-corrected chi connectivity index (χ1v) is 7.34. The maximum Gasteiger partial charge on any atom is 0.303 e. The Bertz CT molecular complexity index is 294. The number of piperidine rings is 1. The topological polar surface area (TPSA) is 78.4 Å². The first-order chi connectivity index (χ1) is 9.11. The van der Waals surface area contributed by atoms with Gasteiger partial charge in [0, 0.05) is 13.0 Å². The SMILES string of the molecule is CC1CCCNC1C(=O)NCCCCCCC(=O)O. The molecule has 1 saturated heterocycles. The molecule has 5 heteroatoms. The average Bonchev–Trinajstić information content (AvgIpc) is 2.37. The lowest BCUT2D eigenvalue weighted by Crippen LogP contribution is -2.51. The summed E-state index contributed by atoms with van der Waals surface area (Å²) in [5, 5.41) is 14.7. The lowest BCUT2D eigenvalue weighted by molar-refractivity contribution is -0.137. The molecule has 0 saturated carbocycles. The molecule has 0 bridgehead atoms. The van der Waals surface area contributed by atoms with E-state index < -0.39 is 5.97 Å². The van der Waals surface area contributed by atoms with Gasteiger partial charge >= 0.3 is 5.97 Å². The third kappa shape index (κ3) is 6.57. The van der Waals surface area contributed by atoms with Crippen LogP contribution >= 0.6 is 0 Å². The molecule has 0 spiro atoms. The molecule has 1 amide bonds. The molecule has 5 nitrogen and oxygen atoms in total. The van der Waals surface area contributed by atoms with Crippen LogP contribution in [0, 0.1) is 5.92 Å². The van der Waals surface area contributed by atoms with Crippen molar-refractivity contribution in [3.63, 3.8) is 0 Å². The summed E-state index contributed by atoms with van der Waals surface area (Å²) < 4.78 is 0. The second-order valence-corrected chi connectivity index (χ2v) is 5.40. The van der Waals surface area contributed by atoms with E-state index in [9.17, 15) is 9.59 Å². The summed E-state index contributed by atoms with van der Waals surface area (Å²) in [6.07, 6.45) is 6.04. The van der Waals surface area contributed by atoms with Crippen LogP contribution in [0.4, 0.5) is 0 Å². The fourth-order valence-corrected chi connectivity index (χ4v) is 2.48. The van der Waals surface area contributed by atoms with Gasteiger partial charge in [-0.1, -0.05) is 19.8 Å². The van der Waals surface area contributed by atoms with Gasteiger partial charge in [-0.15, -0.1) is 0 Å². The van der Waals surface area contributed by atoms with E-state index in [0.717, 1.165) is 45.1 Å². The molecule has 1 aliphatic rings. The Morgan fingerprint density at radius 1 is 1.26 bits per heavy atom. The first-order valence-electron chi connectivity index (χ1n) is 7.34. The van der Waals surface area contributed by atoms with Gasteiger partial charge in [0.25, 0.3) is 0 Å². The van der Waals surface area contributed by atoms with Crippen LogP contribution in [0.25, 0.3) is 0 Å². The minimum atomic E-state index is -0.731. The molecule has 0 aromatic rings. The van der Waals surface area contributed by atoms with Crippen molar-refractivity contribution in [3.8, 4) is 0 Å². The van der Waals surface area contributed by atoms with Crippen molar-refractivity contribution in [2.45, 2.75) is 57.9 Å². The summed E-state index contributed by atoms with van der Waals surface area (Å²) in [5.74, 6) is -0.215. The highest BCUT2D eigenvalue weighted by molar-refractivity contribution is 5.82. The van der Waals surface area contributed by atoms with E-state index >= 15 is 0 Å². The quantitative estimate of drug-likeness (QED) is 0.584. The van der Waals surface area contributed by atoms with Gasteiger partial charge in [0.2, 0.25) is 5.91 Å². The molecule has 1 fully saturated rings. The Labute approximate surface area is 115 Å². The zero-order chi connectivity index (χ0) is 14.1. The standard InChI is InChI=1S/C14H26N2O3/c1-11-7-6-10-15-13(11)14(19)16-9-5-3-2-4-8-12(17)18/h11,13,15H,2-10H2,1H3,(H,16,19)(H,17,18). The predicted octanol–water partition coefficient (Wildman–Crippen LogP) is 1.53. The van der Waals surface area contributed by atoms with E-state index in [4.69, 9.17) is 5.11 Å². The fraction of sp³-hybridized carbons (Fsp3) is 0.857. The lowest BCUT2D eigenvalue weighted by atomic mass is 9.92. The van der Waals surface area contributed by atoms with Crippen molar-refractivity contribution in [3.05, 3.63) is 0 Å². The Kier molecular flexibility index (Phi) is 7.48. The van der Waals surface area contributed by atoms with E-state index in [-0.39, 0.29) is 18.4 Å². The fourth-order valence-electron chi connectivity index (χ4n) is 2.48. The van der Waals surface area contributed by atoms with Crippen molar-refractivity contribution in [2.24, 2.45) is 5.92 Å². The zero-order valence-corrected chi connectivity index (χ0v) is 11.8. The number of hydrogen-bond acceptors (Lipinski definition) is 3. The van der Waals surface area contributed by atoms with Crippen LogP contribution in [0.3, 0.4) is 0 Å². The van der Waals surface area contributed by atoms with Gasteiger partial charge in [-0.2, -0.15) is 0 Å². The van der Waals surface area contributed by atoms with E-state index in [0.29, 0.717) is 12.5 Å². The Balaban J connectivity index is 2.02. The smallest absolute Gasteiger partial charge is 0.303 e. The number of amides is 1. The molecule has 0 aliphatic carbocycles. The molecule has 2 unspecified atom stereocenters. The number of carbonyl (C=O) groups excluding carboxylic acids is 1. The van der Waals surface area contributed by atoms with Gasteiger partial charge in [0.1, 0.15) is 0 Å². The summed E-state index contributed by atoms with van der Waals surface area (Å²) in [5.41, 5.74) is 0. The number of unbranched alkanes of at least 4 members (excludes halogenated alkanes) is 3. The van der Waals surface area contributed by atoms with E-state index in [1.165, 1.54) is 0 Å². The van der Waals surface area contributed by atoms with Crippen LogP contribution in [0.1, 0.15) is 51.9 Å². The molecule has 1 aliphatic heterocycles. The number of carbonyl (C=O) groups is 2. The molecule has 0 aromatic heterocycles. The minimum Gasteiger partial charge on any atom is -0.481 e. The molecule has 3 N–H and O–H groups in total. The van der Waals surface area contributed by atoms with Gasteiger partial charge in [-0.25, -0.2) is 0 Å². The van der Waals surface area contributed by atoms with Crippen LogP contribution in [-0.4, -0.2) is 36.1 Å². The third-order valence-electron chi connectivity index (χ3n) is 3.67. The van der Waals surface area contributed by atoms with Crippen molar-refractivity contribution in [1.29, 1.82) is 0 Å². The van der Waals surface area contributed by atoms with Gasteiger partial charge in [-0.3, -0.25) is 9.59 Å². The summed E-state index contributed by atoms with van der Waals surface area (Å²) >= 11 is 0. The summed E-state index contributed by atoms with van der Waals surface area (Å²) in [6, 6.07) is -0.0410. The highest BCUT2D eigenvalue weighted by Crippen LogP contribution is 2.15. The van der Waals surface area contributed by atoms with Gasteiger partial charge in [0.05, 0.1) is 6.04 Å². The zero-order valence-electron chi connectivity index (χ0n) is 11.8. The largest absolute Gasteiger partial charge is 0.481 e.